The summed E-state index contributed by atoms with van der Waals surface area (Å²) in [6.07, 6.45) is -0.656. The molecule has 1 atom stereocenters. The van der Waals surface area contributed by atoms with Gasteiger partial charge in [0, 0.05) is 14.1 Å². The van der Waals surface area contributed by atoms with E-state index in [2.05, 4.69) is 9.97 Å². The first-order valence-electron chi connectivity index (χ1n) is 7.50. The molecule has 1 heterocycles. The number of hydrogen-bond acceptors (Lipinski definition) is 4. The maximum Gasteiger partial charge on any atom is 0.242 e. The molecule has 3 rings (SSSR count). The number of nitrogens with one attached hydrogen (secondary N) is 1. The number of benzene rings is 2. The van der Waals surface area contributed by atoms with E-state index in [0.717, 1.165) is 22.2 Å². The maximum absolute atomic E-state index is 12.1. The highest BCUT2D eigenvalue weighted by atomic mass is 32.2. The van der Waals surface area contributed by atoms with Crippen molar-refractivity contribution in [2.45, 2.75) is 17.9 Å². The van der Waals surface area contributed by atoms with Gasteiger partial charge in [-0.3, -0.25) is 0 Å². The highest BCUT2D eigenvalue weighted by Crippen LogP contribution is 2.26. The van der Waals surface area contributed by atoms with Gasteiger partial charge in [0.1, 0.15) is 11.9 Å². The number of fused-ring (bicyclic) bond motifs is 1. The molecule has 24 heavy (non-hydrogen) atoms. The van der Waals surface area contributed by atoms with E-state index in [1.54, 1.807) is 31.2 Å². The smallest absolute Gasteiger partial charge is 0.242 e. The lowest BCUT2D eigenvalue weighted by molar-refractivity contribution is 0.190. The fraction of sp³-hybridized carbons (Fsp3) is 0.235. The van der Waals surface area contributed by atoms with Crippen LogP contribution in [0.4, 0.5) is 0 Å². The lowest BCUT2D eigenvalue weighted by Gasteiger charge is -2.11. The number of aliphatic hydroxyl groups excluding tert-OH is 1. The number of aliphatic hydroxyl groups is 1. The molecule has 3 aromatic rings. The van der Waals surface area contributed by atoms with E-state index in [-0.39, 0.29) is 4.90 Å². The monoisotopic (exact) mass is 345 g/mol. The SMILES string of the molecule is C[C@@H](O)c1nc2ccc(-c3ccc(S(=O)(=O)N(C)C)cc3)cc2[nH]1. The van der Waals surface area contributed by atoms with Crippen LogP contribution in [0.5, 0.6) is 0 Å². The summed E-state index contributed by atoms with van der Waals surface area (Å²) in [5.74, 6) is 0.523. The number of H-pyrrole nitrogens is 1. The molecule has 0 saturated heterocycles. The number of hydrogen-bond donors (Lipinski definition) is 2. The summed E-state index contributed by atoms with van der Waals surface area (Å²) >= 11 is 0. The number of imidazole rings is 1. The molecule has 2 aromatic carbocycles. The van der Waals surface area contributed by atoms with Crippen molar-refractivity contribution < 1.29 is 13.5 Å². The third-order valence-corrected chi connectivity index (χ3v) is 5.69. The maximum atomic E-state index is 12.1. The summed E-state index contributed by atoms with van der Waals surface area (Å²) in [5, 5.41) is 9.61. The van der Waals surface area contributed by atoms with E-state index < -0.39 is 16.1 Å². The summed E-state index contributed by atoms with van der Waals surface area (Å²) in [7, 11) is -0.409. The van der Waals surface area contributed by atoms with Crippen LogP contribution in [0.2, 0.25) is 0 Å². The zero-order valence-electron chi connectivity index (χ0n) is 13.7. The predicted molar refractivity (Wildman–Crippen MR) is 93.0 cm³/mol. The second kappa shape index (κ2) is 6.01. The summed E-state index contributed by atoms with van der Waals surface area (Å²) in [5.41, 5.74) is 3.45. The van der Waals surface area contributed by atoms with Crippen LogP contribution in [0.1, 0.15) is 18.9 Å². The van der Waals surface area contributed by atoms with E-state index in [1.165, 1.54) is 18.4 Å². The highest BCUT2D eigenvalue weighted by Gasteiger charge is 2.16. The van der Waals surface area contributed by atoms with Crippen molar-refractivity contribution in [3.8, 4) is 11.1 Å². The summed E-state index contributed by atoms with van der Waals surface area (Å²) in [6, 6.07) is 12.5. The molecule has 0 aliphatic carbocycles. The van der Waals surface area contributed by atoms with Gasteiger partial charge in [-0.25, -0.2) is 17.7 Å². The first kappa shape index (κ1) is 16.6. The van der Waals surface area contributed by atoms with Crippen LogP contribution in [-0.4, -0.2) is 41.9 Å². The molecule has 7 heteroatoms. The van der Waals surface area contributed by atoms with Crippen LogP contribution in [0, 0.1) is 0 Å². The minimum Gasteiger partial charge on any atom is -0.385 e. The number of sulfonamides is 1. The normalized spacial score (nSPS) is 13.5. The van der Waals surface area contributed by atoms with E-state index in [0.29, 0.717) is 5.82 Å². The Morgan fingerprint density at radius 3 is 2.29 bits per heavy atom. The second-order valence-corrected chi connectivity index (χ2v) is 7.99. The van der Waals surface area contributed by atoms with E-state index in [1.807, 2.05) is 18.2 Å². The fourth-order valence-electron chi connectivity index (χ4n) is 2.44. The minimum atomic E-state index is -3.43. The van der Waals surface area contributed by atoms with E-state index >= 15 is 0 Å². The van der Waals surface area contributed by atoms with Gasteiger partial charge in [-0.15, -0.1) is 0 Å². The van der Waals surface area contributed by atoms with Gasteiger partial charge >= 0.3 is 0 Å². The molecule has 0 spiro atoms. The second-order valence-electron chi connectivity index (χ2n) is 5.84. The standard InChI is InChI=1S/C17H19N3O3S/c1-11(21)17-18-15-9-6-13(10-16(15)19-17)12-4-7-14(8-5-12)24(22,23)20(2)3/h4-11,21H,1-3H3,(H,18,19)/t11-/m1/s1. The number of rotatable bonds is 4. The van der Waals surface area contributed by atoms with E-state index in [9.17, 15) is 13.5 Å². The zero-order chi connectivity index (χ0) is 17.5. The van der Waals surface area contributed by atoms with Crippen molar-refractivity contribution in [2.75, 3.05) is 14.1 Å². The molecular formula is C17H19N3O3S. The molecule has 0 bridgehead atoms. The predicted octanol–water partition coefficient (Wildman–Crippen LogP) is 2.53. The van der Waals surface area contributed by atoms with Crippen LogP contribution in [-0.2, 0) is 10.0 Å². The van der Waals surface area contributed by atoms with Gasteiger partial charge in [0.05, 0.1) is 15.9 Å². The molecule has 1 aromatic heterocycles. The van der Waals surface area contributed by atoms with Crippen molar-refractivity contribution in [3.05, 3.63) is 48.3 Å². The number of aromatic nitrogens is 2. The molecule has 6 nitrogen and oxygen atoms in total. The number of aromatic amines is 1. The lowest BCUT2D eigenvalue weighted by Crippen LogP contribution is -2.22. The molecule has 126 valence electrons. The Labute approximate surface area is 140 Å². The Balaban J connectivity index is 1.98. The Morgan fingerprint density at radius 1 is 1.08 bits per heavy atom. The number of nitrogens with zero attached hydrogens (tertiary/aromatic N) is 2. The molecule has 0 aliphatic rings. The van der Waals surface area contributed by atoms with Crippen LogP contribution >= 0.6 is 0 Å². The summed E-state index contributed by atoms with van der Waals surface area (Å²) < 4.78 is 25.4. The Morgan fingerprint density at radius 2 is 1.71 bits per heavy atom. The van der Waals surface area contributed by atoms with Gasteiger partial charge in [0.25, 0.3) is 0 Å². The van der Waals surface area contributed by atoms with Gasteiger partial charge in [-0.05, 0) is 42.3 Å². The third-order valence-electron chi connectivity index (χ3n) is 3.86. The Bertz CT molecular complexity index is 974. The van der Waals surface area contributed by atoms with Gasteiger partial charge in [-0.1, -0.05) is 18.2 Å². The Hall–Kier alpha value is -2.22. The average Bonchev–Trinajstić information content (AvgIpc) is 2.98. The first-order valence-corrected chi connectivity index (χ1v) is 8.94. The highest BCUT2D eigenvalue weighted by molar-refractivity contribution is 7.89. The fourth-order valence-corrected chi connectivity index (χ4v) is 3.34. The molecule has 2 N–H and O–H groups in total. The van der Waals surface area contributed by atoms with Crippen molar-refractivity contribution in [3.63, 3.8) is 0 Å². The average molecular weight is 345 g/mol. The van der Waals surface area contributed by atoms with Crippen molar-refractivity contribution in [1.82, 2.24) is 14.3 Å². The van der Waals surface area contributed by atoms with Crippen LogP contribution in [0.15, 0.2) is 47.4 Å². The molecule has 0 fully saturated rings. The van der Waals surface area contributed by atoms with Gasteiger partial charge in [0.15, 0.2) is 0 Å². The van der Waals surface area contributed by atoms with Crippen molar-refractivity contribution >= 4 is 21.1 Å². The van der Waals surface area contributed by atoms with Crippen LogP contribution in [0.3, 0.4) is 0 Å². The molecule has 0 amide bonds. The summed E-state index contributed by atoms with van der Waals surface area (Å²) in [6.45, 7) is 1.66. The van der Waals surface area contributed by atoms with Crippen molar-refractivity contribution in [1.29, 1.82) is 0 Å². The molecule has 0 radical (unpaired) electrons. The molecule has 0 saturated carbocycles. The van der Waals surface area contributed by atoms with Gasteiger partial charge in [0.2, 0.25) is 10.0 Å². The zero-order valence-corrected chi connectivity index (χ0v) is 14.5. The first-order chi connectivity index (χ1) is 11.3. The molecule has 0 unspecified atom stereocenters. The van der Waals surface area contributed by atoms with Gasteiger partial charge in [-0.2, -0.15) is 0 Å². The van der Waals surface area contributed by atoms with Crippen LogP contribution < -0.4 is 0 Å². The largest absolute Gasteiger partial charge is 0.385 e. The molecule has 0 aliphatic heterocycles. The van der Waals surface area contributed by atoms with Gasteiger partial charge < -0.3 is 10.1 Å². The Kier molecular flexibility index (Phi) is 4.16. The molecular weight excluding hydrogens is 326 g/mol. The quantitative estimate of drug-likeness (QED) is 0.761. The third kappa shape index (κ3) is 2.93. The topological polar surface area (TPSA) is 86.3 Å². The van der Waals surface area contributed by atoms with E-state index in [4.69, 9.17) is 0 Å². The van der Waals surface area contributed by atoms with Crippen molar-refractivity contribution in [2.24, 2.45) is 0 Å². The minimum absolute atomic E-state index is 0.259. The lowest BCUT2D eigenvalue weighted by atomic mass is 10.1. The summed E-state index contributed by atoms with van der Waals surface area (Å²) in [4.78, 5) is 7.67. The van der Waals surface area contributed by atoms with Crippen LogP contribution in [0.25, 0.3) is 22.2 Å².